The number of carbonyl (C=O) groups excluding carboxylic acids is 1. The van der Waals surface area contributed by atoms with Crippen LogP contribution in [0.15, 0.2) is 66.7 Å². The third-order valence-corrected chi connectivity index (χ3v) is 4.11. The van der Waals surface area contributed by atoms with E-state index in [1.54, 1.807) is 7.05 Å². The molecule has 3 aromatic carbocycles. The Morgan fingerprint density at radius 3 is 2.57 bits per heavy atom. The van der Waals surface area contributed by atoms with E-state index in [0.29, 0.717) is 5.76 Å². The van der Waals surface area contributed by atoms with Crippen molar-refractivity contribution < 1.29 is 9.53 Å². The first-order valence-electron chi connectivity index (χ1n) is 7.48. The van der Waals surface area contributed by atoms with Crippen LogP contribution in [0.1, 0.15) is 11.1 Å². The summed E-state index contributed by atoms with van der Waals surface area (Å²) in [6.45, 7) is 0. The van der Waals surface area contributed by atoms with Gasteiger partial charge < -0.3 is 4.74 Å². The van der Waals surface area contributed by atoms with Crippen molar-refractivity contribution in [2.24, 2.45) is 0 Å². The highest BCUT2D eigenvalue weighted by molar-refractivity contribution is 6.03. The molecule has 4 rings (SSSR count). The molecular formula is C20H15NO2. The first kappa shape index (κ1) is 13.6. The minimum Gasteiger partial charge on any atom is -0.409 e. The molecule has 1 heterocycles. The van der Waals surface area contributed by atoms with Crippen LogP contribution in [0.4, 0.5) is 10.5 Å². The number of benzene rings is 3. The molecule has 0 spiro atoms. The number of carbonyl (C=O) groups is 1. The summed E-state index contributed by atoms with van der Waals surface area (Å²) in [5, 5.41) is 2.30. The van der Waals surface area contributed by atoms with E-state index in [-0.39, 0.29) is 6.09 Å². The van der Waals surface area contributed by atoms with Crippen molar-refractivity contribution in [1.82, 2.24) is 0 Å². The Kier molecular flexibility index (Phi) is 3.12. The highest BCUT2D eigenvalue weighted by atomic mass is 16.6. The number of rotatable bonds is 1. The van der Waals surface area contributed by atoms with Gasteiger partial charge in [-0.2, -0.15) is 0 Å². The number of amides is 1. The van der Waals surface area contributed by atoms with Crippen molar-refractivity contribution in [2.45, 2.75) is 0 Å². The molecule has 3 nitrogen and oxygen atoms in total. The molecule has 0 fully saturated rings. The molecule has 3 aromatic rings. The van der Waals surface area contributed by atoms with Gasteiger partial charge in [-0.05, 0) is 34.5 Å². The average molecular weight is 301 g/mol. The summed E-state index contributed by atoms with van der Waals surface area (Å²) < 4.78 is 5.53. The van der Waals surface area contributed by atoms with Gasteiger partial charge in [0.25, 0.3) is 0 Å². The minimum atomic E-state index is -0.366. The summed E-state index contributed by atoms with van der Waals surface area (Å²) in [4.78, 5) is 13.6. The van der Waals surface area contributed by atoms with Crippen LogP contribution in [0, 0.1) is 0 Å². The molecule has 0 bridgehead atoms. The van der Waals surface area contributed by atoms with Crippen molar-refractivity contribution >= 4 is 34.4 Å². The van der Waals surface area contributed by atoms with E-state index < -0.39 is 0 Å². The third-order valence-electron chi connectivity index (χ3n) is 4.11. The van der Waals surface area contributed by atoms with Gasteiger partial charge in [-0.3, -0.25) is 4.90 Å². The Balaban J connectivity index is 1.91. The van der Waals surface area contributed by atoms with Crippen molar-refractivity contribution in [2.75, 3.05) is 11.9 Å². The predicted molar refractivity (Wildman–Crippen MR) is 93.1 cm³/mol. The Morgan fingerprint density at radius 1 is 0.913 bits per heavy atom. The molecule has 3 heteroatoms. The van der Waals surface area contributed by atoms with Crippen molar-refractivity contribution in [1.29, 1.82) is 0 Å². The fourth-order valence-electron chi connectivity index (χ4n) is 2.92. The van der Waals surface area contributed by atoms with Crippen LogP contribution < -0.4 is 4.90 Å². The van der Waals surface area contributed by atoms with Crippen molar-refractivity contribution in [3.63, 3.8) is 0 Å². The van der Waals surface area contributed by atoms with Gasteiger partial charge in [-0.1, -0.05) is 54.6 Å². The maximum Gasteiger partial charge on any atom is 0.419 e. The molecule has 0 atom stereocenters. The number of hydrogen-bond donors (Lipinski definition) is 0. The first-order valence-corrected chi connectivity index (χ1v) is 7.48. The van der Waals surface area contributed by atoms with E-state index in [2.05, 4.69) is 18.2 Å². The topological polar surface area (TPSA) is 29.5 Å². The van der Waals surface area contributed by atoms with E-state index in [1.807, 2.05) is 54.6 Å². The zero-order valence-corrected chi connectivity index (χ0v) is 12.7. The molecular weight excluding hydrogens is 286 g/mol. The molecule has 1 amide bonds. The summed E-state index contributed by atoms with van der Waals surface area (Å²) >= 11 is 0. The van der Waals surface area contributed by atoms with Crippen LogP contribution in [0.25, 0.3) is 22.6 Å². The lowest BCUT2D eigenvalue weighted by Crippen LogP contribution is -2.31. The summed E-state index contributed by atoms with van der Waals surface area (Å²) in [5.74, 6) is 0.583. The van der Waals surface area contributed by atoms with Gasteiger partial charge in [-0.15, -0.1) is 0 Å². The van der Waals surface area contributed by atoms with Crippen LogP contribution >= 0.6 is 0 Å². The van der Waals surface area contributed by atoms with Crippen LogP contribution in [-0.4, -0.2) is 13.1 Å². The van der Waals surface area contributed by atoms with Crippen LogP contribution in [0.5, 0.6) is 0 Å². The highest BCUT2D eigenvalue weighted by Crippen LogP contribution is 2.35. The van der Waals surface area contributed by atoms with Gasteiger partial charge in [0.05, 0.1) is 5.69 Å². The van der Waals surface area contributed by atoms with E-state index in [1.165, 1.54) is 4.90 Å². The zero-order chi connectivity index (χ0) is 15.8. The molecule has 0 saturated heterocycles. The van der Waals surface area contributed by atoms with Gasteiger partial charge in [0, 0.05) is 12.6 Å². The molecule has 0 saturated carbocycles. The average Bonchev–Trinajstić information content (AvgIpc) is 2.60. The normalized spacial score (nSPS) is 15.6. The quantitative estimate of drug-likeness (QED) is 0.638. The van der Waals surface area contributed by atoms with Gasteiger partial charge in [0.1, 0.15) is 5.76 Å². The predicted octanol–water partition coefficient (Wildman–Crippen LogP) is 4.92. The number of cyclic esters (lactones) is 1. The lowest BCUT2D eigenvalue weighted by molar-refractivity contribution is 0.199. The summed E-state index contributed by atoms with van der Waals surface area (Å²) in [5.41, 5.74) is 2.81. The smallest absolute Gasteiger partial charge is 0.409 e. The molecule has 1 aliphatic heterocycles. The number of anilines is 1. The number of ether oxygens (including phenoxy) is 1. The molecule has 1 aliphatic rings. The van der Waals surface area contributed by atoms with E-state index in [0.717, 1.165) is 27.6 Å². The van der Waals surface area contributed by atoms with Gasteiger partial charge in [-0.25, -0.2) is 4.79 Å². The SMILES string of the molecule is CN1C(=O)O/C(=C\c2cccc3ccccc23)c2ccccc21. The zero-order valence-electron chi connectivity index (χ0n) is 12.7. The highest BCUT2D eigenvalue weighted by Gasteiger charge is 2.26. The number of para-hydroxylation sites is 1. The molecule has 0 unspecified atom stereocenters. The fraction of sp³-hybridized carbons (Fsp3) is 0.0500. The lowest BCUT2D eigenvalue weighted by Gasteiger charge is -2.26. The third kappa shape index (κ3) is 2.27. The van der Waals surface area contributed by atoms with Gasteiger partial charge >= 0.3 is 6.09 Å². The largest absolute Gasteiger partial charge is 0.419 e. The molecule has 0 N–H and O–H groups in total. The van der Waals surface area contributed by atoms with E-state index in [9.17, 15) is 4.79 Å². The maximum atomic E-state index is 12.1. The number of hydrogen-bond acceptors (Lipinski definition) is 2. The Bertz CT molecular complexity index is 938. The van der Waals surface area contributed by atoms with Crippen LogP contribution in [-0.2, 0) is 4.74 Å². The maximum absolute atomic E-state index is 12.1. The van der Waals surface area contributed by atoms with Crippen LogP contribution in [0.2, 0.25) is 0 Å². The second-order valence-electron chi connectivity index (χ2n) is 5.52. The fourth-order valence-corrected chi connectivity index (χ4v) is 2.92. The van der Waals surface area contributed by atoms with Gasteiger partial charge in [0.15, 0.2) is 0 Å². The lowest BCUT2D eigenvalue weighted by atomic mass is 10.0. The number of nitrogens with zero attached hydrogens (tertiary/aromatic N) is 1. The molecule has 0 aliphatic carbocycles. The molecule has 23 heavy (non-hydrogen) atoms. The molecule has 0 aromatic heterocycles. The number of fused-ring (bicyclic) bond motifs is 2. The van der Waals surface area contributed by atoms with Gasteiger partial charge in [0.2, 0.25) is 0 Å². The Hall–Kier alpha value is -3.07. The monoisotopic (exact) mass is 301 g/mol. The summed E-state index contributed by atoms with van der Waals surface area (Å²) in [7, 11) is 1.72. The molecule has 0 radical (unpaired) electrons. The Labute approximate surface area is 134 Å². The minimum absolute atomic E-state index is 0.366. The standard InChI is InChI=1S/C20H15NO2/c1-21-18-12-5-4-11-17(18)19(23-20(21)22)13-15-9-6-8-14-7-2-3-10-16(14)15/h2-13H,1H3/b19-13-. The second kappa shape index (κ2) is 5.29. The summed E-state index contributed by atoms with van der Waals surface area (Å²) in [6, 6.07) is 22.1. The van der Waals surface area contributed by atoms with Crippen LogP contribution in [0.3, 0.4) is 0 Å². The first-order chi connectivity index (χ1) is 11.2. The second-order valence-corrected chi connectivity index (χ2v) is 5.52. The Morgan fingerprint density at radius 2 is 1.65 bits per heavy atom. The van der Waals surface area contributed by atoms with E-state index in [4.69, 9.17) is 4.74 Å². The summed E-state index contributed by atoms with van der Waals surface area (Å²) in [6.07, 6.45) is 1.57. The van der Waals surface area contributed by atoms with Crippen molar-refractivity contribution in [3.8, 4) is 0 Å². The van der Waals surface area contributed by atoms with Crippen molar-refractivity contribution in [3.05, 3.63) is 77.9 Å². The van der Waals surface area contributed by atoms with E-state index >= 15 is 0 Å². The molecule has 112 valence electrons.